The SMILES string of the molecule is CCCOC(=O)C(C)Oc1ccc(Oc2ncc(Cl)c(C(F)F)c2Cl)cc1. The van der Waals surface area contributed by atoms with E-state index in [1.807, 2.05) is 6.92 Å². The molecule has 0 spiro atoms. The van der Waals surface area contributed by atoms with E-state index in [4.69, 9.17) is 37.4 Å². The average Bonchev–Trinajstić information content (AvgIpc) is 2.63. The number of nitrogens with zero attached hydrogens (tertiary/aromatic N) is 1. The molecule has 146 valence electrons. The highest BCUT2D eigenvalue weighted by Crippen LogP contribution is 2.39. The van der Waals surface area contributed by atoms with Gasteiger partial charge in [-0.2, -0.15) is 0 Å². The van der Waals surface area contributed by atoms with Gasteiger partial charge in [-0.1, -0.05) is 30.1 Å². The summed E-state index contributed by atoms with van der Waals surface area (Å²) in [5.41, 5.74) is -0.539. The summed E-state index contributed by atoms with van der Waals surface area (Å²) >= 11 is 11.6. The van der Waals surface area contributed by atoms with Crippen LogP contribution in [0.2, 0.25) is 10.0 Å². The molecule has 1 atom stereocenters. The van der Waals surface area contributed by atoms with Crippen molar-refractivity contribution < 1.29 is 27.8 Å². The van der Waals surface area contributed by atoms with E-state index in [0.29, 0.717) is 18.1 Å². The fourth-order valence-corrected chi connectivity index (χ4v) is 2.55. The molecule has 2 rings (SSSR count). The fraction of sp³-hybridized carbons (Fsp3) is 0.333. The Morgan fingerprint density at radius 2 is 1.81 bits per heavy atom. The second-order valence-electron chi connectivity index (χ2n) is 5.44. The molecule has 1 aromatic carbocycles. The number of benzene rings is 1. The highest BCUT2D eigenvalue weighted by molar-refractivity contribution is 6.36. The number of carbonyl (C=O) groups excluding carboxylic acids is 1. The molecule has 0 aliphatic heterocycles. The number of rotatable bonds is 8. The third kappa shape index (κ3) is 5.68. The number of carbonyl (C=O) groups is 1. The van der Waals surface area contributed by atoms with Crippen LogP contribution in [0.3, 0.4) is 0 Å². The van der Waals surface area contributed by atoms with Crippen LogP contribution in [0.15, 0.2) is 30.5 Å². The molecular formula is C18H17Cl2F2NO4. The zero-order valence-electron chi connectivity index (χ0n) is 14.5. The van der Waals surface area contributed by atoms with Crippen molar-refractivity contribution in [2.75, 3.05) is 6.61 Å². The molecule has 0 aliphatic rings. The molecule has 0 amide bonds. The van der Waals surface area contributed by atoms with Crippen LogP contribution in [0.25, 0.3) is 0 Å². The minimum Gasteiger partial charge on any atom is -0.479 e. The molecule has 2 aromatic rings. The zero-order valence-corrected chi connectivity index (χ0v) is 16.1. The molecule has 0 fully saturated rings. The van der Waals surface area contributed by atoms with Gasteiger partial charge in [-0.25, -0.2) is 18.6 Å². The van der Waals surface area contributed by atoms with Crippen LogP contribution < -0.4 is 9.47 Å². The summed E-state index contributed by atoms with van der Waals surface area (Å²) in [7, 11) is 0. The summed E-state index contributed by atoms with van der Waals surface area (Å²) in [6.07, 6.45) is -1.87. The highest BCUT2D eigenvalue weighted by Gasteiger charge is 2.21. The van der Waals surface area contributed by atoms with Crippen molar-refractivity contribution in [2.24, 2.45) is 0 Å². The highest BCUT2D eigenvalue weighted by atomic mass is 35.5. The van der Waals surface area contributed by atoms with Gasteiger partial charge in [-0.3, -0.25) is 0 Å². The topological polar surface area (TPSA) is 57.7 Å². The van der Waals surface area contributed by atoms with E-state index in [2.05, 4.69) is 4.98 Å². The Hall–Kier alpha value is -2.12. The molecule has 27 heavy (non-hydrogen) atoms. The largest absolute Gasteiger partial charge is 0.479 e. The van der Waals surface area contributed by atoms with Gasteiger partial charge in [-0.05, 0) is 37.6 Å². The number of pyridine rings is 1. The Bertz CT molecular complexity index is 788. The Kier molecular flexibility index (Phi) is 7.62. The molecule has 9 heteroatoms. The first-order valence-corrected chi connectivity index (χ1v) is 8.82. The molecule has 1 heterocycles. The minimum atomic E-state index is -2.86. The maximum Gasteiger partial charge on any atom is 0.347 e. The maximum atomic E-state index is 13.0. The van der Waals surface area contributed by atoms with Crippen molar-refractivity contribution in [1.29, 1.82) is 0 Å². The van der Waals surface area contributed by atoms with E-state index in [0.717, 1.165) is 12.6 Å². The van der Waals surface area contributed by atoms with Crippen molar-refractivity contribution in [2.45, 2.75) is 32.8 Å². The van der Waals surface area contributed by atoms with E-state index < -0.39 is 24.1 Å². The molecule has 0 aliphatic carbocycles. The van der Waals surface area contributed by atoms with Crippen LogP contribution in [0.4, 0.5) is 8.78 Å². The van der Waals surface area contributed by atoms with Crippen LogP contribution in [-0.4, -0.2) is 23.7 Å². The Balaban J connectivity index is 2.06. The van der Waals surface area contributed by atoms with E-state index >= 15 is 0 Å². The molecule has 0 saturated carbocycles. The summed E-state index contributed by atoms with van der Waals surface area (Å²) in [5, 5.41) is -0.597. The molecular weight excluding hydrogens is 403 g/mol. The van der Waals surface area contributed by atoms with Crippen LogP contribution in [0, 0.1) is 0 Å². The number of ether oxygens (including phenoxy) is 3. The third-order valence-electron chi connectivity index (χ3n) is 3.33. The van der Waals surface area contributed by atoms with Gasteiger partial charge in [0.1, 0.15) is 16.5 Å². The van der Waals surface area contributed by atoms with Crippen LogP contribution >= 0.6 is 23.2 Å². The first-order chi connectivity index (χ1) is 12.8. The van der Waals surface area contributed by atoms with E-state index in [1.54, 1.807) is 19.1 Å². The Labute approximate surface area is 165 Å². The number of halogens is 4. The van der Waals surface area contributed by atoms with Crippen molar-refractivity contribution >= 4 is 29.2 Å². The first kappa shape index (κ1) is 21.2. The first-order valence-electron chi connectivity index (χ1n) is 8.06. The summed E-state index contributed by atoms with van der Waals surface area (Å²) < 4.78 is 41.9. The smallest absolute Gasteiger partial charge is 0.347 e. The van der Waals surface area contributed by atoms with Gasteiger partial charge in [0.2, 0.25) is 5.88 Å². The van der Waals surface area contributed by atoms with Crippen LogP contribution in [0.5, 0.6) is 17.4 Å². The molecule has 1 unspecified atom stereocenters. The van der Waals surface area contributed by atoms with Crippen molar-refractivity contribution in [3.63, 3.8) is 0 Å². The molecule has 0 radical (unpaired) electrons. The number of hydrogen-bond acceptors (Lipinski definition) is 5. The van der Waals surface area contributed by atoms with Gasteiger partial charge in [0.05, 0.1) is 23.4 Å². The monoisotopic (exact) mass is 419 g/mol. The summed E-state index contributed by atoms with van der Waals surface area (Å²) in [6, 6.07) is 6.15. The molecule has 0 N–H and O–H groups in total. The van der Waals surface area contributed by atoms with Gasteiger partial charge < -0.3 is 14.2 Å². The lowest BCUT2D eigenvalue weighted by atomic mass is 10.2. The molecule has 0 bridgehead atoms. The van der Waals surface area contributed by atoms with Crippen molar-refractivity contribution in [3.8, 4) is 17.4 Å². The van der Waals surface area contributed by atoms with E-state index in [-0.39, 0.29) is 15.9 Å². The van der Waals surface area contributed by atoms with Gasteiger partial charge in [0.25, 0.3) is 6.43 Å². The minimum absolute atomic E-state index is 0.193. The average molecular weight is 420 g/mol. The third-order valence-corrected chi connectivity index (χ3v) is 3.99. The predicted molar refractivity (Wildman–Crippen MR) is 97.1 cm³/mol. The van der Waals surface area contributed by atoms with Gasteiger partial charge >= 0.3 is 5.97 Å². The number of alkyl halides is 2. The zero-order chi connectivity index (χ0) is 20.0. The van der Waals surface area contributed by atoms with Gasteiger partial charge in [-0.15, -0.1) is 0 Å². The number of hydrogen-bond donors (Lipinski definition) is 0. The lowest BCUT2D eigenvalue weighted by Crippen LogP contribution is -2.26. The van der Waals surface area contributed by atoms with Crippen molar-refractivity contribution in [3.05, 3.63) is 46.1 Å². The summed E-state index contributed by atoms with van der Waals surface area (Å²) in [4.78, 5) is 15.5. The molecule has 5 nitrogen and oxygen atoms in total. The predicted octanol–water partition coefficient (Wildman–Crippen LogP) is 5.84. The van der Waals surface area contributed by atoms with E-state index in [1.165, 1.54) is 12.1 Å². The van der Waals surface area contributed by atoms with Crippen LogP contribution in [0.1, 0.15) is 32.3 Å². The lowest BCUT2D eigenvalue weighted by molar-refractivity contribution is -0.151. The Morgan fingerprint density at radius 1 is 1.19 bits per heavy atom. The maximum absolute atomic E-state index is 13.0. The summed E-state index contributed by atoms with van der Waals surface area (Å²) in [6.45, 7) is 3.80. The van der Waals surface area contributed by atoms with Gasteiger partial charge in [0.15, 0.2) is 6.10 Å². The lowest BCUT2D eigenvalue weighted by Gasteiger charge is -2.14. The van der Waals surface area contributed by atoms with Gasteiger partial charge in [0, 0.05) is 0 Å². The quantitative estimate of drug-likeness (QED) is 0.503. The normalized spacial score (nSPS) is 12.0. The standard InChI is InChI=1S/C18H17Cl2F2NO4/c1-3-8-25-18(24)10(2)26-11-4-6-12(7-5-11)27-17-15(20)14(16(21)22)13(19)9-23-17/h4-7,9-10,16H,3,8H2,1-2H3. The van der Waals surface area contributed by atoms with Crippen LogP contribution in [-0.2, 0) is 9.53 Å². The van der Waals surface area contributed by atoms with Crippen molar-refractivity contribution in [1.82, 2.24) is 4.98 Å². The molecule has 1 aromatic heterocycles. The Morgan fingerprint density at radius 3 is 2.41 bits per heavy atom. The summed E-state index contributed by atoms with van der Waals surface area (Å²) in [5.74, 6) is 0.0441. The van der Waals surface area contributed by atoms with E-state index in [9.17, 15) is 13.6 Å². The molecule has 0 saturated heterocycles. The second-order valence-corrected chi connectivity index (χ2v) is 6.23. The number of esters is 1. The number of aromatic nitrogens is 1. The second kappa shape index (κ2) is 9.71. The fourth-order valence-electron chi connectivity index (χ4n) is 2.00.